The molecule has 0 N–H and O–H groups in total. The van der Waals surface area contributed by atoms with Crippen LogP contribution in [0.2, 0.25) is 0 Å². The Kier molecular flexibility index (Phi) is 4.01. The molecule has 1 aromatic heterocycles. The first-order valence-corrected chi connectivity index (χ1v) is 5.97. The van der Waals surface area contributed by atoms with Crippen molar-refractivity contribution >= 4 is 12.4 Å². The minimum atomic E-state index is -5.16. The Hall–Kier alpha value is -1.99. The summed E-state index contributed by atoms with van der Waals surface area (Å²) in [6.45, 7) is -5.09. The highest BCUT2D eigenvalue weighted by molar-refractivity contribution is 6.73. The Morgan fingerprint density at radius 1 is 1.25 bits per heavy atom. The van der Waals surface area contributed by atoms with Crippen LogP contribution in [0.5, 0.6) is 5.75 Å². The van der Waals surface area contributed by atoms with Crippen molar-refractivity contribution in [1.82, 2.24) is 9.78 Å². The number of nitrogens with zero attached hydrogens (tertiary/aromatic N) is 2. The van der Waals surface area contributed by atoms with E-state index in [2.05, 4.69) is 5.10 Å². The van der Waals surface area contributed by atoms with Gasteiger partial charge < -0.3 is 17.7 Å². The topological polar surface area (TPSA) is 27.1 Å². The first kappa shape index (κ1) is 14.4. The highest BCUT2D eigenvalue weighted by Crippen LogP contribution is 2.18. The molecule has 0 spiro atoms. The van der Waals surface area contributed by atoms with E-state index in [1.807, 2.05) is 0 Å². The van der Waals surface area contributed by atoms with Crippen LogP contribution in [0.15, 0.2) is 30.5 Å². The quantitative estimate of drug-likeness (QED) is 0.623. The van der Waals surface area contributed by atoms with Crippen LogP contribution in [0.25, 0.3) is 0 Å². The number of rotatable bonds is 5. The lowest BCUT2D eigenvalue weighted by molar-refractivity contribution is 0.302. The van der Waals surface area contributed by atoms with Gasteiger partial charge in [0.15, 0.2) is 11.6 Å². The molecule has 20 heavy (non-hydrogen) atoms. The molecule has 0 bridgehead atoms. The molecule has 0 saturated heterocycles. The Labute approximate surface area is 113 Å². The normalized spacial score (nSPS) is 11.7. The van der Waals surface area contributed by atoms with Gasteiger partial charge in [0.2, 0.25) is 0 Å². The second-order valence-corrected chi connectivity index (χ2v) is 4.31. The third kappa shape index (κ3) is 3.31. The smallest absolute Gasteiger partial charge is 0.490 e. The number of halogens is 4. The van der Waals surface area contributed by atoms with Crippen LogP contribution >= 0.6 is 0 Å². The average molecular weight is 287 g/mol. The minimum absolute atomic E-state index is 0.0742. The Morgan fingerprint density at radius 2 is 2.00 bits per heavy atom. The van der Waals surface area contributed by atoms with E-state index in [1.54, 1.807) is 24.0 Å². The van der Waals surface area contributed by atoms with Crippen LogP contribution in [0.1, 0.15) is 5.69 Å². The van der Waals surface area contributed by atoms with Crippen molar-refractivity contribution in [2.75, 3.05) is 6.61 Å². The summed E-state index contributed by atoms with van der Waals surface area (Å²) in [4.78, 5) is 0. The molecular weight excluding hydrogens is 275 g/mol. The van der Waals surface area contributed by atoms with Gasteiger partial charge >= 0.3 is 6.98 Å². The van der Waals surface area contributed by atoms with E-state index < -0.39 is 18.3 Å². The maximum atomic E-state index is 13.4. The van der Waals surface area contributed by atoms with Crippen LogP contribution in [0.3, 0.4) is 0 Å². The number of hydrogen-bond donors (Lipinski definition) is 0. The number of aromatic nitrogens is 2. The summed E-state index contributed by atoms with van der Waals surface area (Å²) in [5.41, 5.74) is -0.0245. The maximum Gasteiger partial charge on any atom is 0.509 e. The van der Waals surface area contributed by atoms with Crippen molar-refractivity contribution < 1.29 is 22.1 Å². The molecule has 0 fully saturated rings. The molecule has 2 aromatic rings. The lowest BCUT2D eigenvalue weighted by atomic mass is 9.80. The standard InChI is InChI=1S/C12H12BF4N2O/c1-19-10(4-6-18-19)5-7-20-12-8-9(13(15,16)17)2-3-11(12)14/h2-4,6,8H,5,7H2,1H3/q-1. The number of hydrogen-bond acceptors (Lipinski definition) is 2. The minimum Gasteiger partial charge on any atom is -0.490 e. The fourth-order valence-corrected chi connectivity index (χ4v) is 1.75. The van der Waals surface area contributed by atoms with Gasteiger partial charge in [0.05, 0.1) is 6.61 Å². The summed E-state index contributed by atoms with van der Waals surface area (Å²) < 4.78 is 57.8. The van der Waals surface area contributed by atoms with Gasteiger partial charge in [0.25, 0.3) is 0 Å². The first-order chi connectivity index (χ1) is 9.38. The molecule has 2 rings (SSSR count). The molecule has 1 aromatic carbocycles. The molecule has 0 atom stereocenters. The third-order valence-electron chi connectivity index (χ3n) is 2.87. The van der Waals surface area contributed by atoms with Crippen molar-refractivity contribution in [2.45, 2.75) is 6.42 Å². The van der Waals surface area contributed by atoms with Gasteiger partial charge in [-0.2, -0.15) is 5.10 Å². The predicted octanol–water partition coefficient (Wildman–Crippen LogP) is 2.24. The predicted molar refractivity (Wildman–Crippen MR) is 67.5 cm³/mol. The number of aryl methyl sites for hydroxylation is 1. The summed E-state index contributed by atoms with van der Waals surface area (Å²) in [6.07, 6.45) is 2.03. The van der Waals surface area contributed by atoms with Crippen molar-refractivity contribution in [3.63, 3.8) is 0 Å². The van der Waals surface area contributed by atoms with Crippen LogP contribution in [0.4, 0.5) is 17.3 Å². The third-order valence-corrected chi connectivity index (χ3v) is 2.87. The van der Waals surface area contributed by atoms with Crippen LogP contribution in [0, 0.1) is 5.82 Å². The zero-order chi connectivity index (χ0) is 14.8. The molecule has 0 amide bonds. The van der Waals surface area contributed by atoms with Crippen molar-refractivity contribution in [3.8, 4) is 5.75 Å². The summed E-state index contributed by atoms with van der Waals surface area (Å²) in [7, 11) is 1.74. The molecule has 0 aliphatic rings. The van der Waals surface area contributed by atoms with E-state index in [4.69, 9.17) is 4.74 Å². The van der Waals surface area contributed by atoms with E-state index in [1.165, 1.54) is 0 Å². The van der Waals surface area contributed by atoms with Gasteiger partial charge in [-0.05, 0) is 18.2 Å². The second kappa shape index (κ2) is 5.56. The molecule has 0 unspecified atom stereocenters. The Balaban J connectivity index is 2.04. The Bertz CT molecular complexity index is 597. The van der Waals surface area contributed by atoms with Crippen LogP contribution in [-0.4, -0.2) is 23.4 Å². The molecule has 0 aliphatic heterocycles. The monoisotopic (exact) mass is 287 g/mol. The largest absolute Gasteiger partial charge is 0.509 e. The van der Waals surface area contributed by atoms with Gasteiger partial charge in [-0.3, -0.25) is 4.68 Å². The Morgan fingerprint density at radius 3 is 2.60 bits per heavy atom. The van der Waals surface area contributed by atoms with E-state index in [-0.39, 0.29) is 12.4 Å². The average Bonchev–Trinajstić information content (AvgIpc) is 2.76. The van der Waals surface area contributed by atoms with Gasteiger partial charge in [-0.15, -0.1) is 5.46 Å². The molecule has 1 heterocycles. The van der Waals surface area contributed by atoms with Gasteiger partial charge in [-0.25, -0.2) is 4.39 Å². The van der Waals surface area contributed by atoms with Crippen molar-refractivity contribution in [3.05, 3.63) is 42.0 Å². The van der Waals surface area contributed by atoms with E-state index in [9.17, 15) is 17.3 Å². The molecule has 0 radical (unpaired) electrons. The fourth-order valence-electron chi connectivity index (χ4n) is 1.75. The van der Waals surface area contributed by atoms with E-state index >= 15 is 0 Å². The lowest BCUT2D eigenvalue weighted by Crippen LogP contribution is -2.34. The molecule has 0 saturated carbocycles. The molecule has 0 aliphatic carbocycles. The van der Waals surface area contributed by atoms with Crippen molar-refractivity contribution in [2.24, 2.45) is 7.05 Å². The highest BCUT2D eigenvalue weighted by Gasteiger charge is 2.26. The van der Waals surface area contributed by atoms with Crippen LogP contribution < -0.4 is 10.2 Å². The molecular formula is C12H12BF4N2O-. The van der Waals surface area contributed by atoms with Crippen molar-refractivity contribution in [1.29, 1.82) is 0 Å². The zero-order valence-electron chi connectivity index (χ0n) is 10.7. The van der Waals surface area contributed by atoms with E-state index in [0.29, 0.717) is 18.6 Å². The second-order valence-electron chi connectivity index (χ2n) is 4.31. The van der Waals surface area contributed by atoms with Gasteiger partial charge in [-0.1, -0.05) is 6.07 Å². The number of ether oxygens (including phenoxy) is 1. The summed E-state index contributed by atoms with van der Waals surface area (Å²) in [5, 5.41) is 3.95. The summed E-state index contributed by atoms with van der Waals surface area (Å²) in [5.74, 6) is -1.19. The lowest BCUT2D eigenvalue weighted by Gasteiger charge is -2.16. The molecule has 108 valence electrons. The zero-order valence-corrected chi connectivity index (χ0v) is 10.7. The maximum absolute atomic E-state index is 13.4. The van der Waals surface area contributed by atoms with Gasteiger partial charge in [0.1, 0.15) is 0 Å². The van der Waals surface area contributed by atoms with Gasteiger partial charge in [0, 0.05) is 25.4 Å². The SMILES string of the molecule is Cn1nccc1CCOc1cc([B-](F)(F)F)ccc1F. The fraction of sp³-hybridized carbons (Fsp3) is 0.250. The summed E-state index contributed by atoms with van der Waals surface area (Å²) >= 11 is 0. The summed E-state index contributed by atoms with van der Waals surface area (Å²) in [6, 6.07) is 3.93. The molecule has 3 nitrogen and oxygen atoms in total. The highest BCUT2D eigenvalue weighted by atomic mass is 19.4. The van der Waals surface area contributed by atoms with E-state index in [0.717, 1.165) is 11.8 Å². The number of benzene rings is 1. The van der Waals surface area contributed by atoms with Crippen LogP contribution in [-0.2, 0) is 13.5 Å². The first-order valence-electron chi connectivity index (χ1n) is 5.97. The molecule has 8 heteroatoms.